The molecule has 8 N–H and O–H groups in total. The van der Waals surface area contributed by atoms with Gasteiger partial charge >= 0.3 is 0 Å². The first-order valence-electron chi connectivity index (χ1n) is 7.05. The SMILES string of the molecule is OC[C@H]1O[C@](O)(CO)[C@@H](O)C1O[C@@H]1O[C@H](CO)[C@H](O)[C@H](O)[C@@H]1O. The maximum atomic E-state index is 10.00. The van der Waals surface area contributed by atoms with Gasteiger partial charge in [0.25, 0.3) is 0 Å². The average molecular weight is 342 g/mol. The molecule has 2 fully saturated rings. The zero-order valence-corrected chi connectivity index (χ0v) is 12.0. The van der Waals surface area contributed by atoms with Crippen LogP contribution in [0.1, 0.15) is 0 Å². The zero-order chi connectivity index (χ0) is 17.4. The highest BCUT2D eigenvalue weighted by atomic mass is 16.7. The first kappa shape index (κ1) is 18.9. The van der Waals surface area contributed by atoms with Crippen molar-refractivity contribution in [2.24, 2.45) is 0 Å². The number of ether oxygens (including phenoxy) is 3. The predicted octanol–water partition coefficient (Wildman–Crippen LogP) is -5.40. The lowest BCUT2D eigenvalue weighted by Crippen LogP contribution is -2.60. The molecule has 0 aromatic heterocycles. The quantitative estimate of drug-likeness (QED) is 0.238. The summed E-state index contributed by atoms with van der Waals surface area (Å²) in [5.74, 6) is -2.37. The zero-order valence-electron chi connectivity index (χ0n) is 12.0. The van der Waals surface area contributed by atoms with E-state index in [-0.39, 0.29) is 0 Å². The summed E-state index contributed by atoms with van der Waals surface area (Å²) in [5.41, 5.74) is 0. The Hall–Kier alpha value is -0.440. The Morgan fingerprint density at radius 3 is 2.00 bits per heavy atom. The molecule has 2 rings (SSSR count). The van der Waals surface area contributed by atoms with Crippen LogP contribution in [0, 0.1) is 0 Å². The van der Waals surface area contributed by atoms with Crippen molar-refractivity contribution in [3.8, 4) is 0 Å². The molecule has 0 bridgehead atoms. The molecule has 11 nitrogen and oxygen atoms in total. The fraction of sp³-hybridized carbons (Fsp3) is 1.00. The number of aliphatic hydroxyl groups excluding tert-OH is 7. The Kier molecular flexibility index (Phi) is 5.92. The maximum Gasteiger partial charge on any atom is 0.219 e. The van der Waals surface area contributed by atoms with Gasteiger partial charge in [0.15, 0.2) is 6.29 Å². The van der Waals surface area contributed by atoms with Crippen molar-refractivity contribution in [3.05, 3.63) is 0 Å². The van der Waals surface area contributed by atoms with Gasteiger partial charge in [-0.3, -0.25) is 0 Å². The van der Waals surface area contributed by atoms with Crippen LogP contribution in [-0.4, -0.2) is 115 Å². The summed E-state index contributed by atoms with van der Waals surface area (Å²) < 4.78 is 15.3. The highest BCUT2D eigenvalue weighted by Crippen LogP contribution is 2.33. The molecule has 0 aromatic carbocycles. The van der Waals surface area contributed by atoms with Crippen LogP contribution in [0.5, 0.6) is 0 Å². The summed E-state index contributed by atoms with van der Waals surface area (Å²) in [7, 11) is 0. The van der Waals surface area contributed by atoms with E-state index >= 15 is 0 Å². The van der Waals surface area contributed by atoms with Crippen LogP contribution in [0.2, 0.25) is 0 Å². The van der Waals surface area contributed by atoms with Crippen molar-refractivity contribution in [3.63, 3.8) is 0 Å². The molecule has 23 heavy (non-hydrogen) atoms. The molecule has 11 heteroatoms. The summed E-state index contributed by atoms with van der Waals surface area (Å²) >= 11 is 0. The van der Waals surface area contributed by atoms with Crippen LogP contribution in [-0.2, 0) is 14.2 Å². The summed E-state index contributed by atoms with van der Waals surface area (Å²) in [4.78, 5) is 0. The normalized spacial score (nSPS) is 51.1. The van der Waals surface area contributed by atoms with Crippen molar-refractivity contribution in [1.29, 1.82) is 0 Å². The molecule has 0 spiro atoms. The minimum atomic E-state index is -2.37. The van der Waals surface area contributed by atoms with E-state index in [4.69, 9.17) is 24.4 Å². The van der Waals surface area contributed by atoms with E-state index in [1.807, 2.05) is 0 Å². The lowest BCUT2D eigenvalue weighted by Gasteiger charge is -2.41. The van der Waals surface area contributed by atoms with E-state index in [2.05, 4.69) is 0 Å². The number of rotatable bonds is 5. The molecule has 9 atom stereocenters. The van der Waals surface area contributed by atoms with Gasteiger partial charge in [-0.25, -0.2) is 0 Å². The van der Waals surface area contributed by atoms with Crippen LogP contribution in [0.25, 0.3) is 0 Å². The monoisotopic (exact) mass is 342 g/mol. The van der Waals surface area contributed by atoms with Crippen LogP contribution in [0.15, 0.2) is 0 Å². The molecule has 2 heterocycles. The second-order valence-electron chi connectivity index (χ2n) is 5.58. The Bertz CT molecular complexity index is 393. The van der Waals surface area contributed by atoms with Gasteiger partial charge in [-0.2, -0.15) is 0 Å². The molecule has 1 unspecified atom stereocenters. The van der Waals surface area contributed by atoms with Gasteiger partial charge in [0.05, 0.1) is 19.8 Å². The van der Waals surface area contributed by atoms with E-state index in [0.717, 1.165) is 0 Å². The Morgan fingerprint density at radius 2 is 1.48 bits per heavy atom. The first-order chi connectivity index (χ1) is 10.8. The number of aliphatic hydroxyl groups is 8. The van der Waals surface area contributed by atoms with Crippen LogP contribution >= 0.6 is 0 Å². The summed E-state index contributed by atoms with van der Waals surface area (Å²) in [6, 6.07) is 0. The van der Waals surface area contributed by atoms with Crippen LogP contribution in [0.3, 0.4) is 0 Å². The molecule has 0 aliphatic carbocycles. The van der Waals surface area contributed by atoms with Crippen molar-refractivity contribution >= 4 is 0 Å². The van der Waals surface area contributed by atoms with Crippen LogP contribution < -0.4 is 0 Å². The van der Waals surface area contributed by atoms with E-state index in [1.54, 1.807) is 0 Å². The van der Waals surface area contributed by atoms with Crippen molar-refractivity contribution in [2.75, 3.05) is 19.8 Å². The van der Waals surface area contributed by atoms with E-state index in [1.165, 1.54) is 0 Å². The second-order valence-corrected chi connectivity index (χ2v) is 5.58. The highest BCUT2D eigenvalue weighted by molar-refractivity contribution is 4.98. The molecule has 0 amide bonds. The third-order valence-electron chi connectivity index (χ3n) is 4.04. The molecular weight excluding hydrogens is 320 g/mol. The topological polar surface area (TPSA) is 190 Å². The standard InChI is InChI=1S/C12H22O11/c13-1-4-6(16)7(17)8(18)11(21-4)22-9-5(2-14)23-12(20,3-15)10(9)19/h4-11,13-20H,1-3H2/t4-,5-,6+,7+,8+,9?,10+,11+,12-/m1/s1. The smallest absolute Gasteiger partial charge is 0.219 e. The van der Waals surface area contributed by atoms with Gasteiger partial charge in [0.2, 0.25) is 5.79 Å². The number of hydrogen-bond acceptors (Lipinski definition) is 11. The molecule has 0 radical (unpaired) electrons. The molecule has 2 aliphatic rings. The maximum absolute atomic E-state index is 10.00. The minimum absolute atomic E-state index is 0.668. The molecule has 0 aromatic rings. The molecular formula is C12H22O11. The largest absolute Gasteiger partial charge is 0.394 e. The Balaban J connectivity index is 2.13. The third kappa shape index (κ3) is 3.36. The Labute approximate surface area is 130 Å². The van der Waals surface area contributed by atoms with Gasteiger partial charge in [-0.05, 0) is 0 Å². The van der Waals surface area contributed by atoms with Crippen molar-refractivity contribution < 1.29 is 55.1 Å². The number of hydrogen-bond donors (Lipinski definition) is 8. The molecule has 136 valence electrons. The highest BCUT2D eigenvalue weighted by Gasteiger charge is 2.56. The van der Waals surface area contributed by atoms with Crippen LogP contribution in [0.4, 0.5) is 0 Å². The average Bonchev–Trinajstić information content (AvgIpc) is 2.80. The van der Waals surface area contributed by atoms with E-state index in [9.17, 15) is 30.6 Å². The fourth-order valence-corrected chi connectivity index (χ4v) is 2.63. The second kappa shape index (κ2) is 7.21. The van der Waals surface area contributed by atoms with Crippen molar-refractivity contribution in [2.45, 2.75) is 54.8 Å². The van der Waals surface area contributed by atoms with E-state index < -0.39 is 74.6 Å². The summed E-state index contributed by atoms with van der Waals surface area (Å²) in [5, 5.41) is 76.5. The fourth-order valence-electron chi connectivity index (χ4n) is 2.63. The Morgan fingerprint density at radius 1 is 0.870 bits per heavy atom. The molecule has 2 aliphatic heterocycles. The lowest BCUT2D eigenvalue weighted by molar-refractivity contribution is -0.318. The minimum Gasteiger partial charge on any atom is -0.394 e. The molecule has 2 saturated heterocycles. The molecule has 0 saturated carbocycles. The first-order valence-corrected chi connectivity index (χ1v) is 7.05. The summed E-state index contributed by atoms with van der Waals surface area (Å²) in [6.07, 6.45) is -12.2. The third-order valence-corrected chi connectivity index (χ3v) is 4.04. The van der Waals surface area contributed by atoms with Gasteiger partial charge in [-0.1, -0.05) is 0 Å². The lowest BCUT2D eigenvalue weighted by atomic mass is 9.99. The van der Waals surface area contributed by atoms with Gasteiger partial charge in [0.1, 0.15) is 42.7 Å². The van der Waals surface area contributed by atoms with Gasteiger partial charge < -0.3 is 55.1 Å². The summed E-state index contributed by atoms with van der Waals surface area (Å²) in [6.45, 7) is -2.32. The van der Waals surface area contributed by atoms with Gasteiger partial charge in [0, 0.05) is 0 Å². The van der Waals surface area contributed by atoms with Gasteiger partial charge in [-0.15, -0.1) is 0 Å². The van der Waals surface area contributed by atoms with E-state index in [0.29, 0.717) is 0 Å². The predicted molar refractivity (Wildman–Crippen MR) is 68.6 cm³/mol. The van der Waals surface area contributed by atoms with Crippen molar-refractivity contribution in [1.82, 2.24) is 0 Å².